The number of rotatable bonds is 1. The van der Waals surface area contributed by atoms with E-state index in [1.165, 1.54) is 19.3 Å². The van der Waals surface area contributed by atoms with Gasteiger partial charge in [-0.05, 0) is 18.8 Å². The van der Waals surface area contributed by atoms with Crippen LogP contribution < -0.4 is 0 Å². The van der Waals surface area contributed by atoms with Crippen molar-refractivity contribution in [3.05, 3.63) is 23.4 Å². The molecule has 2 heterocycles. The van der Waals surface area contributed by atoms with Gasteiger partial charge in [0.2, 0.25) is 0 Å². The average Bonchev–Trinajstić information content (AvgIpc) is 2.83. The summed E-state index contributed by atoms with van der Waals surface area (Å²) in [5.74, 6) is 2.23. The molecule has 0 saturated heterocycles. The van der Waals surface area contributed by atoms with Crippen molar-refractivity contribution in [2.75, 3.05) is 0 Å². The summed E-state index contributed by atoms with van der Waals surface area (Å²) in [7, 11) is 0. The SMILES string of the molecule is CC1CCCC1c1nnc2cc(Cl)ncn12. The van der Waals surface area contributed by atoms with E-state index in [1.54, 1.807) is 12.4 Å². The highest BCUT2D eigenvalue weighted by atomic mass is 35.5. The van der Waals surface area contributed by atoms with Crippen LogP contribution in [0.5, 0.6) is 0 Å². The maximum absolute atomic E-state index is 5.82. The van der Waals surface area contributed by atoms with Crippen LogP contribution in [-0.4, -0.2) is 19.6 Å². The number of hydrogen-bond acceptors (Lipinski definition) is 3. The molecule has 3 rings (SSSR count). The Morgan fingerprint density at radius 3 is 3.00 bits per heavy atom. The second kappa shape index (κ2) is 3.70. The van der Waals surface area contributed by atoms with Gasteiger partial charge in [-0.25, -0.2) is 4.98 Å². The molecule has 1 fully saturated rings. The zero-order valence-electron chi connectivity index (χ0n) is 9.10. The number of nitrogens with zero attached hydrogens (tertiary/aromatic N) is 4. The zero-order chi connectivity index (χ0) is 11.1. The smallest absolute Gasteiger partial charge is 0.165 e. The second-order valence-corrected chi connectivity index (χ2v) is 4.90. The summed E-state index contributed by atoms with van der Waals surface area (Å²) in [6, 6.07) is 1.75. The average molecular weight is 237 g/mol. The van der Waals surface area contributed by atoms with E-state index in [0.717, 1.165) is 11.5 Å². The van der Waals surface area contributed by atoms with E-state index < -0.39 is 0 Å². The minimum Gasteiger partial charge on any atom is -0.269 e. The molecular formula is C11H13ClN4. The van der Waals surface area contributed by atoms with E-state index in [2.05, 4.69) is 22.1 Å². The van der Waals surface area contributed by atoms with Crippen molar-refractivity contribution in [1.82, 2.24) is 19.6 Å². The quantitative estimate of drug-likeness (QED) is 0.715. The monoisotopic (exact) mass is 236 g/mol. The Kier molecular flexibility index (Phi) is 2.32. The minimum atomic E-state index is 0.464. The normalized spacial score (nSPS) is 25.4. The lowest BCUT2D eigenvalue weighted by atomic mass is 9.97. The van der Waals surface area contributed by atoms with E-state index in [-0.39, 0.29) is 0 Å². The van der Waals surface area contributed by atoms with Crippen LogP contribution in [0.1, 0.15) is 37.9 Å². The summed E-state index contributed by atoms with van der Waals surface area (Å²) < 4.78 is 1.96. The van der Waals surface area contributed by atoms with Gasteiger partial charge in [-0.1, -0.05) is 24.9 Å². The number of halogens is 1. The zero-order valence-corrected chi connectivity index (χ0v) is 9.85. The van der Waals surface area contributed by atoms with Gasteiger partial charge in [-0.2, -0.15) is 0 Å². The van der Waals surface area contributed by atoms with Gasteiger partial charge >= 0.3 is 0 Å². The van der Waals surface area contributed by atoms with E-state index >= 15 is 0 Å². The van der Waals surface area contributed by atoms with Crippen LogP contribution in [-0.2, 0) is 0 Å². The van der Waals surface area contributed by atoms with Gasteiger partial charge in [0.05, 0.1) is 0 Å². The van der Waals surface area contributed by atoms with E-state index in [4.69, 9.17) is 11.6 Å². The fourth-order valence-corrected chi connectivity index (χ4v) is 2.71. The Morgan fingerprint density at radius 2 is 2.25 bits per heavy atom. The molecule has 0 radical (unpaired) electrons. The maximum Gasteiger partial charge on any atom is 0.165 e. The predicted molar refractivity (Wildman–Crippen MR) is 61.5 cm³/mol. The summed E-state index contributed by atoms with van der Waals surface area (Å²) >= 11 is 5.82. The van der Waals surface area contributed by atoms with Crippen molar-refractivity contribution >= 4 is 17.2 Å². The molecule has 2 aromatic heterocycles. The molecule has 0 aliphatic heterocycles. The Morgan fingerprint density at radius 1 is 1.38 bits per heavy atom. The Bertz CT molecular complexity index is 522. The van der Waals surface area contributed by atoms with Gasteiger partial charge in [0.15, 0.2) is 5.65 Å². The van der Waals surface area contributed by atoms with Crippen LogP contribution in [0.2, 0.25) is 5.15 Å². The largest absolute Gasteiger partial charge is 0.269 e. The molecule has 4 nitrogen and oxygen atoms in total. The van der Waals surface area contributed by atoms with Crippen LogP contribution in [0.25, 0.3) is 5.65 Å². The molecule has 0 spiro atoms. The highest BCUT2D eigenvalue weighted by Gasteiger charge is 2.28. The molecule has 0 N–H and O–H groups in total. The van der Waals surface area contributed by atoms with Gasteiger partial charge < -0.3 is 0 Å². The number of hydrogen-bond donors (Lipinski definition) is 0. The van der Waals surface area contributed by atoms with Crippen molar-refractivity contribution in [3.8, 4) is 0 Å². The molecule has 5 heteroatoms. The molecule has 2 atom stereocenters. The third-order valence-electron chi connectivity index (χ3n) is 3.49. The van der Waals surface area contributed by atoms with Gasteiger partial charge in [0, 0.05) is 12.0 Å². The number of aromatic nitrogens is 4. The first-order valence-electron chi connectivity index (χ1n) is 5.62. The molecule has 1 saturated carbocycles. The van der Waals surface area contributed by atoms with Crippen molar-refractivity contribution in [2.24, 2.45) is 5.92 Å². The van der Waals surface area contributed by atoms with Gasteiger partial charge in [-0.15, -0.1) is 10.2 Å². The molecule has 0 bridgehead atoms. The van der Waals surface area contributed by atoms with Crippen LogP contribution in [0.15, 0.2) is 12.4 Å². The molecule has 2 aromatic rings. The van der Waals surface area contributed by atoms with Crippen LogP contribution >= 0.6 is 11.6 Å². The van der Waals surface area contributed by atoms with Crippen LogP contribution in [0, 0.1) is 5.92 Å². The molecule has 1 aliphatic carbocycles. The fraction of sp³-hybridized carbons (Fsp3) is 0.545. The summed E-state index contributed by atoms with van der Waals surface area (Å²) in [6.07, 6.45) is 5.48. The highest BCUT2D eigenvalue weighted by molar-refractivity contribution is 6.29. The lowest BCUT2D eigenvalue weighted by Gasteiger charge is -2.12. The fourth-order valence-electron chi connectivity index (χ4n) is 2.57. The van der Waals surface area contributed by atoms with Gasteiger partial charge in [0.25, 0.3) is 0 Å². The Labute approximate surface area is 98.7 Å². The standard InChI is InChI=1S/C11H13ClN4/c1-7-3-2-4-8(7)11-15-14-10-5-9(12)13-6-16(10)11/h5-8H,2-4H2,1H3. The van der Waals surface area contributed by atoms with Crippen molar-refractivity contribution in [2.45, 2.75) is 32.1 Å². The van der Waals surface area contributed by atoms with E-state index in [1.807, 2.05) is 4.40 Å². The third-order valence-corrected chi connectivity index (χ3v) is 3.69. The van der Waals surface area contributed by atoms with E-state index in [0.29, 0.717) is 17.0 Å². The minimum absolute atomic E-state index is 0.464. The van der Waals surface area contributed by atoms with Crippen molar-refractivity contribution < 1.29 is 0 Å². The first-order chi connectivity index (χ1) is 7.75. The molecule has 1 aliphatic rings. The lowest BCUT2D eigenvalue weighted by molar-refractivity contribution is 0.505. The first kappa shape index (κ1) is 10.0. The topological polar surface area (TPSA) is 43.1 Å². The molecule has 16 heavy (non-hydrogen) atoms. The molecule has 0 aromatic carbocycles. The molecule has 2 unspecified atom stereocenters. The van der Waals surface area contributed by atoms with Crippen molar-refractivity contribution in [1.29, 1.82) is 0 Å². The van der Waals surface area contributed by atoms with Crippen LogP contribution in [0.3, 0.4) is 0 Å². The summed E-state index contributed by atoms with van der Waals surface area (Å²) in [5.41, 5.74) is 0.786. The second-order valence-electron chi connectivity index (χ2n) is 4.51. The lowest BCUT2D eigenvalue weighted by Crippen LogP contribution is -2.07. The van der Waals surface area contributed by atoms with Crippen LogP contribution in [0.4, 0.5) is 0 Å². The Hall–Kier alpha value is -1.16. The van der Waals surface area contributed by atoms with E-state index in [9.17, 15) is 0 Å². The molecule has 0 amide bonds. The van der Waals surface area contributed by atoms with Gasteiger partial charge in [0.1, 0.15) is 17.3 Å². The van der Waals surface area contributed by atoms with Gasteiger partial charge in [-0.3, -0.25) is 4.40 Å². The predicted octanol–water partition coefficient (Wildman–Crippen LogP) is 2.68. The highest BCUT2D eigenvalue weighted by Crippen LogP contribution is 2.38. The molecular weight excluding hydrogens is 224 g/mol. The summed E-state index contributed by atoms with van der Waals surface area (Å²) in [4.78, 5) is 4.09. The molecule has 84 valence electrons. The summed E-state index contributed by atoms with van der Waals surface area (Å²) in [5, 5.41) is 8.89. The van der Waals surface area contributed by atoms with Crippen molar-refractivity contribution in [3.63, 3.8) is 0 Å². The summed E-state index contributed by atoms with van der Waals surface area (Å²) in [6.45, 7) is 2.28. The third kappa shape index (κ3) is 1.48. The first-order valence-corrected chi connectivity index (χ1v) is 5.99. The Balaban J connectivity index is 2.10. The maximum atomic E-state index is 5.82. The number of fused-ring (bicyclic) bond motifs is 1.